The lowest BCUT2D eigenvalue weighted by molar-refractivity contribution is 0.828. The molecule has 2 heteroatoms. The highest BCUT2D eigenvalue weighted by atomic mass is 15.1. The Balaban J connectivity index is 1.79. The smallest absolute Gasteiger partial charge is 0.141 e. The molecule has 0 unspecified atom stereocenters. The van der Waals surface area contributed by atoms with Crippen molar-refractivity contribution in [2.45, 2.75) is 39.5 Å². The van der Waals surface area contributed by atoms with Crippen molar-refractivity contribution in [2.24, 2.45) is 7.05 Å². The average molecular weight is 493 g/mol. The van der Waals surface area contributed by atoms with Gasteiger partial charge in [-0.2, -0.15) is 0 Å². The Morgan fingerprint density at radius 3 is 1.50 bits per heavy atom. The summed E-state index contributed by atoms with van der Waals surface area (Å²) in [6.45, 7) is 9.15. The van der Waals surface area contributed by atoms with E-state index in [1.807, 2.05) is 0 Å². The van der Waals surface area contributed by atoms with E-state index < -0.39 is 0 Å². The van der Waals surface area contributed by atoms with Crippen LogP contribution in [0.15, 0.2) is 91.0 Å². The lowest BCUT2D eigenvalue weighted by Gasteiger charge is -2.19. The summed E-state index contributed by atoms with van der Waals surface area (Å²) in [4.78, 5) is 5.50. The molecule has 0 atom stereocenters. The first-order valence-corrected chi connectivity index (χ1v) is 13.7. The molecule has 6 aromatic carbocycles. The summed E-state index contributed by atoms with van der Waals surface area (Å²) in [5, 5.41) is 10.3. The SMILES string of the molecule is CC(C)c1cccc(C(C)C)c1-c1nc2c3ccccc3c3c4ccccc4c4ccccc4c3c2n1C. The van der Waals surface area contributed by atoms with Gasteiger partial charge in [0.2, 0.25) is 0 Å². The minimum atomic E-state index is 0.404. The van der Waals surface area contributed by atoms with Crippen LogP contribution in [0, 0.1) is 0 Å². The lowest BCUT2D eigenvalue weighted by Crippen LogP contribution is -2.04. The first kappa shape index (κ1) is 23.0. The summed E-state index contributed by atoms with van der Waals surface area (Å²) in [6, 6.07) is 33.3. The number of hydrogen-bond donors (Lipinski definition) is 0. The molecule has 0 spiro atoms. The summed E-state index contributed by atoms with van der Waals surface area (Å²) < 4.78 is 2.37. The molecule has 0 saturated heterocycles. The van der Waals surface area contributed by atoms with Crippen LogP contribution in [-0.2, 0) is 7.05 Å². The van der Waals surface area contributed by atoms with E-state index in [0.29, 0.717) is 11.8 Å². The minimum Gasteiger partial charge on any atom is -0.327 e. The van der Waals surface area contributed by atoms with Gasteiger partial charge in [-0.1, -0.05) is 119 Å². The maximum absolute atomic E-state index is 5.50. The molecule has 0 aliphatic rings. The van der Waals surface area contributed by atoms with Gasteiger partial charge in [-0.05, 0) is 49.9 Å². The molecule has 38 heavy (non-hydrogen) atoms. The van der Waals surface area contributed by atoms with E-state index in [0.717, 1.165) is 11.3 Å². The number of benzene rings is 6. The van der Waals surface area contributed by atoms with Gasteiger partial charge in [-0.15, -0.1) is 0 Å². The van der Waals surface area contributed by atoms with E-state index in [-0.39, 0.29) is 0 Å². The predicted molar refractivity (Wildman–Crippen MR) is 164 cm³/mol. The van der Waals surface area contributed by atoms with E-state index in [2.05, 4.69) is 130 Å². The van der Waals surface area contributed by atoms with Crippen molar-refractivity contribution in [3.63, 3.8) is 0 Å². The number of aromatic nitrogens is 2. The summed E-state index contributed by atoms with van der Waals surface area (Å²) >= 11 is 0. The molecule has 0 saturated carbocycles. The standard InChI is InChI=1S/C36H32N2/c1-21(2)23-19-12-20-24(22(3)4)32(23)36-37-34-30-18-11-10-17-29(30)31-27-15-8-6-13-25(27)26-14-7-9-16-28(26)33(31)35(34)38(36)5/h6-22H,1-5H3. The van der Waals surface area contributed by atoms with Crippen molar-refractivity contribution in [1.82, 2.24) is 9.55 Å². The van der Waals surface area contributed by atoms with Crippen LogP contribution in [0.4, 0.5) is 0 Å². The van der Waals surface area contributed by atoms with Gasteiger partial charge in [0.05, 0.1) is 11.0 Å². The number of aryl methyl sites for hydroxylation is 1. The molecule has 1 aromatic heterocycles. The van der Waals surface area contributed by atoms with E-state index >= 15 is 0 Å². The van der Waals surface area contributed by atoms with E-state index in [1.165, 1.54) is 65.3 Å². The van der Waals surface area contributed by atoms with Gasteiger partial charge in [-0.3, -0.25) is 0 Å². The van der Waals surface area contributed by atoms with Gasteiger partial charge in [0.25, 0.3) is 0 Å². The Hall–Kier alpha value is -4.17. The monoisotopic (exact) mass is 492 g/mol. The van der Waals surface area contributed by atoms with Gasteiger partial charge >= 0.3 is 0 Å². The third-order valence-electron chi connectivity index (χ3n) is 8.31. The number of imidazole rings is 1. The summed E-state index contributed by atoms with van der Waals surface area (Å²) in [5.41, 5.74) is 6.30. The number of hydrogen-bond acceptors (Lipinski definition) is 1. The maximum Gasteiger partial charge on any atom is 0.141 e. The molecular weight excluding hydrogens is 460 g/mol. The predicted octanol–water partition coefficient (Wildman–Crippen LogP) is 10.1. The van der Waals surface area contributed by atoms with Crippen LogP contribution in [0.1, 0.15) is 50.7 Å². The lowest BCUT2D eigenvalue weighted by atomic mass is 9.88. The second kappa shape index (κ2) is 8.43. The molecule has 0 N–H and O–H groups in total. The van der Waals surface area contributed by atoms with Gasteiger partial charge in [0, 0.05) is 28.8 Å². The minimum absolute atomic E-state index is 0.404. The van der Waals surface area contributed by atoms with Crippen LogP contribution in [0.5, 0.6) is 0 Å². The van der Waals surface area contributed by atoms with Crippen molar-refractivity contribution in [1.29, 1.82) is 0 Å². The van der Waals surface area contributed by atoms with E-state index in [9.17, 15) is 0 Å². The quantitative estimate of drug-likeness (QED) is 0.224. The van der Waals surface area contributed by atoms with Gasteiger partial charge in [0.15, 0.2) is 0 Å². The number of fused-ring (bicyclic) bond motifs is 11. The highest BCUT2D eigenvalue weighted by Crippen LogP contribution is 2.45. The largest absolute Gasteiger partial charge is 0.327 e. The van der Waals surface area contributed by atoms with Crippen molar-refractivity contribution < 1.29 is 0 Å². The molecule has 0 aliphatic carbocycles. The molecule has 2 nitrogen and oxygen atoms in total. The number of rotatable bonds is 3. The van der Waals surface area contributed by atoms with Crippen LogP contribution in [0.25, 0.3) is 65.5 Å². The zero-order chi connectivity index (χ0) is 26.1. The fraction of sp³-hybridized carbons (Fsp3) is 0.194. The topological polar surface area (TPSA) is 17.8 Å². The summed E-state index contributed by atoms with van der Waals surface area (Å²) in [5.74, 6) is 1.87. The molecule has 7 rings (SSSR count). The van der Waals surface area contributed by atoms with Crippen molar-refractivity contribution >= 4 is 54.1 Å². The van der Waals surface area contributed by atoms with Gasteiger partial charge in [-0.25, -0.2) is 4.98 Å². The molecule has 0 amide bonds. The third kappa shape index (κ3) is 3.10. The molecule has 0 fully saturated rings. The zero-order valence-corrected chi connectivity index (χ0v) is 22.7. The van der Waals surface area contributed by atoms with Gasteiger partial charge < -0.3 is 4.57 Å². The first-order chi connectivity index (χ1) is 18.5. The van der Waals surface area contributed by atoms with Crippen LogP contribution in [0.3, 0.4) is 0 Å². The second-order valence-electron chi connectivity index (χ2n) is 11.2. The Labute approximate surface area is 223 Å². The van der Waals surface area contributed by atoms with Crippen molar-refractivity contribution in [2.75, 3.05) is 0 Å². The molecule has 0 aliphatic heterocycles. The molecule has 186 valence electrons. The van der Waals surface area contributed by atoms with Crippen LogP contribution in [-0.4, -0.2) is 9.55 Å². The first-order valence-electron chi connectivity index (χ1n) is 13.7. The third-order valence-corrected chi connectivity index (χ3v) is 8.31. The van der Waals surface area contributed by atoms with E-state index in [4.69, 9.17) is 4.98 Å². The zero-order valence-electron chi connectivity index (χ0n) is 22.7. The van der Waals surface area contributed by atoms with Crippen LogP contribution < -0.4 is 0 Å². The normalized spacial score (nSPS) is 12.3. The molecular formula is C36H32N2. The van der Waals surface area contributed by atoms with E-state index in [1.54, 1.807) is 0 Å². The van der Waals surface area contributed by atoms with Crippen LogP contribution >= 0.6 is 0 Å². The fourth-order valence-corrected chi connectivity index (χ4v) is 6.58. The maximum atomic E-state index is 5.50. The summed E-state index contributed by atoms with van der Waals surface area (Å²) in [7, 11) is 2.21. The highest BCUT2D eigenvalue weighted by molar-refractivity contribution is 6.38. The Bertz CT molecular complexity index is 2010. The van der Waals surface area contributed by atoms with Gasteiger partial charge in [0.1, 0.15) is 5.82 Å². The Kier molecular flexibility index (Phi) is 5.10. The summed E-state index contributed by atoms with van der Waals surface area (Å²) in [6.07, 6.45) is 0. The average Bonchev–Trinajstić information content (AvgIpc) is 3.29. The molecule has 0 bridgehead atoms. The second-order valence-corrected chi connectivity index (χ2v) is 11.2. The van der Waals surface area contributed by atoms with Crippen molar-refractivity contribution in [3.05, 3.63) is 102 Å². The Morgan fingerprint density at radius 2 is 0.974 bits per heavy atom. The highest BCUT2D eigenvalue weighted by Gasteiger charge is 2.24. The number of nitrogens with zero attached hydrogens (tertiary/aromatic N) is 2. The fourth-order valence-electron chi connectivity index (χ4n) is 6.58. The molecule has 0 radical (unpaired) electrons. The molecule has 1 heterocycles. The van der Waals surface area contributed by atoms with Crippen LogP contribution in [0.2, 0.25) is 0 Å². The van der Waals surface area contributed by atoms with Crippen molar-refractivity contribution in [3.8, 4) is 11.4 Å². The Morgan fingerprint density at radius 1 is 0.526 bits per heavy atom. The molecule has 7 aromatic rings.